The van der Waals surface area contributed by atoms with Crippen molar-refractivity contribution in [1.82, 2.24) is 5.32 Å². The van der Waals surface area contributed by atoms with Gasteiger partial charge in [0, 0.05) is 25.1 Å². The van der Waals surface area contributed by atoms with Crippen LogP contribution < -0.4 is 11.1 Å². The van der Waals surface area contributed by atoms with Crippen LogP contribution in [0.15, 0.2) is 12.1 Å². The van der Waals surface area contributed by atoms with Crippen LogP contribution >= 0.6 is 22.9 Å². The van der Waals surface area contributed by atoms with E-state index in [9.17, 15) is 0 Å². The molecule has 0 spiro atoms. The third-order valence-corrected chi connectivity index (χ3v) is 3.40. The Hall–Kier alpha value is -0.130. The third kappa shape index (κ3) is 4.95. The Labute approximate surface area is 99.6 Å². The average molecular weight is 249 g/mol. The van der Waals surface area contributed by atoms with Gasteiger partial charge in [0.05, 0.1) is 10.4 Å². The van der Waals surface area contributed by atoms with Crippen molar-refractivity contribution in [2.75, 3.05) is 20.2 Å². The van der Waals surface area contributed by atoms with Gasteiger partial charge in [-0.25, -0.2) is 0 Å². The molecule has 0 saturated carbocycles. The summed E-state index contributed by atoms with van der Waals surface area (Å²) in [4.78, 5) is 1.25. The van der Waals surface area contributed by atoms with E-state index in [0.29, 0.717) is 6.54 Å². The summed E-state index contributed by atoms with van der Waals surface area (Å²) >= 11 is 7.43. The largest absolute Gasteiger partial charge is 0.380 e. The van der Waals surface area contributed by atoms with Gasteiger partial charge in [0.25, 0.3) is 0 Å². The van der Waals surface area contributed by atoms with Crippen LogP contribution in [0.1, 0.15) is 11.3 Å². The molecule has 1 aromatic rings. The van der Waals surface area contributed by atoms with Gasteiger partial charge in [-0.05, 0) is 25.1 Å². The zero-order chi connectivity index (χ0) is 11.1. The number of ether oxygens (including phenoxy) is 1. The fourth-order valence-corrected chi connectivity index (χ4v) is 2.31. The minimum atomic E-state index is 0.157. The molecule has 5 heteroatoms. The first-order valence-corrected chi connectivity index (χ1v) is 6.13. The van der Waals surface area contributed by atoms with Crippen LogP contribution in [0.3, 0.4) is 0 Å². The first kappa shape index (κ1) is 12.9. The van der Waals surface area contributed by atoms with Crippen molar-refractivity contribution in [3.05, 3.63) is 21.3 Å². The van der Waals surface area contributed by atoms with Crippen molar-refractivity contribution in [2.45, 2.75) is 19.1 Å². The number of nitrogens with two attached hydrogens (primary N) is 1. The Morgan fingerprint density at radius 3 is 2.93 bits per heavy atom. The lowest BCUT2D eigenvalue weighted by atomic mass is 10.2. The highest BCUT2D eigenvalue weighted by molar-refractivity contribution is 7.16. The van der Waals surface area contributed by atoms with Crippen LogP contribution in [0, 0.1) is 0 Å². The first-order chi connectivity index (χ1) is 7.26. The summed E-state index contributed by atoms with van der Waals surface area (Å²) in [5.41, 5.74) is 5.51. The molecule has 0 aliphatic heterocycles. The Morgan fingerprint density at radius 1 is 1.60 bits per heavy atom. The van der Waals surface area contributed by atoms with Gasteiger partial charge >= 0.3 is 0 Å². The van der Waals surface area contributed by atoms with Crippen molar-refractivity contribution in [3.63, 3.8) is 0 Å². The van der Waals surface area contributed by atoms with E-state index in [1.54, 1.807) is 18.4 Å². The molecule has 0 bridgehead atoms. The second-order valence-electron chi connectivity index (χ2n) is 3.26. The van der Waals surface area contributed by atoms with Crippen molar-refractivity contribution < 1.29 is 4.74 Å². The van der Waals surface area contributed by atoms with E-state index < -0.39 is 0 Å². The van der Waals surface area contributed by atoms with Crippen LogP contribution in [-0.2, 0) is 11.3 Å². The molecule has 1 heterocycles. The second kappa shape index (κ2) is 7.19. The van der Waals surface area contributed by atoms with Gasteiger partial charge in [-0.2, -0.15) is 0 Å². The molecule has 0 radical (unpaired) electrons. The third-order valence-electron chi connectivity index (χ3n) is 2.17. The molecule has 15 heavy (non-hydrogen) atoms. The lowest BCUT2D eigenvalue weighted by molar-refractivity contribution is 0.102. The number of nitrogens with one attached hydrogen (secondary N) is 1. The smallest absolute Gasteiger partial charge is 0.0931 e. The van der Waals surface area contributed by atoms with Crippen LogP contribution in [0.25, 0.3) is 0 Å². The lowest BCUT2D eigenvalue weighted by Gasteiger charge is -2.12. The monoisotopic (exact) mass is 248 g/mol. The number of rotatable bonds is 7. The summed E-state index contributed by atoms with van der Waals surface area (Å²) in [6.45, 7) is 2.34. The van der Waals surface area contributed by atoms with Crippen LogP contribution in [0.5, 0.6) is 0 Å². The van der Waals surface area contributed by atoms with E-state index in [0.717, 1.165) is 23.8 Å². The summed E-state index contributed by atoms with van der Waals surface area (Å²) in [5.74, 6) is 0. The van der Waals surface area contributed by atoms with Gasteiger partial charge in [-0.15, -0.1) is 11.3 Å². The van der Waals surface area contributed by atoms with E-state index in [-0.39, 0.29) is 6.10 Å². The highest BCUT2D eigenvalue weighted by Gasteiger charge is 2.03. The van der Waals surface area contributed by atoms with Crippen molar-refractivity contribution >= 4 is 22.9 Å². The number of methoxy groups -OCH3 is 1. The topological polar surface area (TPSA) is 47.3 Å². The van der Waals surface area contributed by atoms with E-state index in [1.165, 1.54) is 4.88 Å². The number of hydrogen-bond acceptors (Lipinski definition) is 4. The van der Waals surface area contributed by atoms with Gasteiger partial charge < -0.3 is 15.8 Å². The highest BCUT2D eigenvalue weighted by Crippen LogP contribution is 2.20. The standard InChI is InChI=1S/C10H17ClN2OS/c1-14-8(6-12)4-5-13-7-9-2-3-10(11)15-9/h2-3,8,13H,4-7,12H2,1H3. The van der Waals surface area contributed by atoms with E-state index in [1.807, 2.05) is 12.1 Å². The fourth-order valence-electron chi connectivity index (χ4n) is 1.25. The van der Waals surface area contributed by atoms with Gasteiger partial charge in [-0.3, -0.25) is 0 Å². The van der Waals surface area contributed by atoms with Gasteiger partial charge in [0.1, 0.15) is 0 Å². The van der Waals surface area contributed by atoms with E-state index in [4.69, 9.17) is 22.1 Å². The first-order valence-electron chi connectivity index (χ1n) is 4.94. The van der Waals surface area contributed by atoms with Crippen molar-refractivity contribution in [1.29, 1.82) is 0 Å². The van der Waals surface area contributed by atoms with E-state index >= 15 is 0 Å². The Morgan fingerprint density at radius 2 is 2.40 bits per heavy atom. The summed E-state index contributed by atoms with van der Waals surface area (Å²) in [6, 6.07) is 3.96. The molecule has 86 valence electrons. The molecular weight excluding hydrogens is 232 g/mol. The Kier molecular flexibility index (Phi) is 6.20. The fraction of sp³-hybridized carbons (Fsp3) is 0.600. The Balaban J connectivity index is 2.11. The van der Waals surface area contributed by atoms with Crippen molar-refractivity contribution in [2.24, 2.45) is 5.73 Å². The summed E-state index contributed by atoms with van der Waals surface area (Å²) in [6.07, 6.45) is 1.09. The molecule has 3 nitrogen and oxygen atoms in total. The minimum absolute atomic E-state index is 0.157. The molecular formula is C10H17ClN2OS. The van der Waals surface area contributed by atoms with Crippen LogP contribution in [0.4, 0.5) is 0 Å². The summed E-state index contributed by atoms with van der Waals surface area (Å²) in [5, 5.41) is 3.33. The summed E-state index contributed by atoms with van der Waals surface area (Å²) in [7, 11) is 1.69. The van der Waals surface area contributed by atoms with Crippen LogP contribution in [0.2, 0.25) is 4.34 Å². The zero-order valence-corrected chi connectivity index (χ0v) is 10.4. The molecule has 0 fully saturated rings. The van der Waals surface area contributed by atoms with Gasteiger partial charge in [0.2, 0.25) is 0 Å². The highest BCUT2D eigenvalue weighted by atomic mass is 35.5. The lowest BCUT2D eigenvalue weighted by Crippen LogP contribution is -2.27. The minimum Gasteiger partial charge on any atom is -0.380 e. The SMILES string of the molecule is COC(CN)CCNCc1ccc(Cl)s1. The molecule has 0 aliphatic carbocycles. The quantitative estimate of drug-likeness (QED) is 0.724. The molecule has 1 aromatic heterocycles. The van der Waals surface area contributed by atoms with E-state index in [2.05, 4.69) is 5.32 Å². The maximum absolute atomic E-state index is 5.82. The van der Waals surface area contributed by atoms with Gasteiger partial charge in [0.15, 0.2) is 0 Å². The molecule has 1 unspecified atom stereocenters. The molecule has 0 amide bonds. The maximum atomic E-state index is 5.82. The normalized spacial score (nSPS) is 13.0. The average Bonchev–Trinajstić information content (AvgIpc) is 2.65. The Bertz CT molecular complexity index is 276. The molecule has 1 atom stereocenters. The number of halogens is 1. The molecule has 1 rings (SSSR count). The number of thiophene rings is 1. The predicted octanol–water partition coefficient (Wildman–Crippen LogP) is 1.85. The second-order valence-corrected chi connectivity index (χ2v) is 5.06. The zero-order valence-electron chi connectivity index (χ0n) is 8.83. The number of hydrogen-bond donors (Lipinski definition) is 2. The molecule has 0 aliphatic rings. The van der Waals surface area contributed by atoms with Gasteiger partial charge in [-0.1, -0.05) is 11.6 Å². The molecule has 3 N–H and O–H groups in total. The summed E-state index contributed by atoms with van der Waals surface area (Å²) < 4.78 is 6.01. The van der Waals surface area contributed by atoms with Crippen LogP contribution in [-0.4, -0.2) is 26.3 Å². The molecule has 0 aromatic carbocycles. The molecule has 0 saturated heterocycles. The predicted molar refractivity (Wildman–Crippen MR) is 65.5 cm³/mol. The maximum Gasteiger partial charge on any atom is 0.0931 e. The van der Waals surface area contributed by atoms with Crippen molar-refractivity contribution in [3.8, 4) is 0 Å².